The molecule has 2 saturated heterocycles. The van der Waals surface area contributed by atoms with Gasteiger partial charge in [0.15, 0.2) is 0 Å². The van der Waals surface area contributed by atoms with E-state index in [4.69, 9.17) is 9.47 Å². The van der Waals surface area contributed by atoms with E-state index in [1.54, 1.807) is 7.11 Å². The number of ether oxygens (including phenoxy) is 2. The number of hydrogen-bond donors (Lipinski definition) is 1. The second-order valence-corrected chi connectivity index (χ2v) is 6.09. The molecule has 3 atom stereocenters. The van der Waals surface area contributed by atoms with Gasteiger partial charge < -0.3 is 14.6 Å². The molecule has 0 saturated carbocycles. The first-order chi connectivity index (χ1) is 10.7. The van der Waals surface area contributed by atoms with Crippen molar-refractivity contribution >= 4 is 5.97 Å². The third-order valence-electron chi connectivity index (χ3n) is 4.89. The van der Waals surface area contributed by atoms with Crippen LogP contribution < -0.4 is 9.47 Å². The number of aliphatic carboxylic acids is 1. The molecule has 1 aromatic rings. The molecular weight excluding hydrogens is 282 g/mol. The molecule has 2 aliphatic heterocycles. The Morgan fingerprint density at radius 3 is 2.64 bits per heavy atom. The predicted molar refractivity (Wildman–Crippen MR) is 82.4 cm³/mol. The molecule has 2 bridgehead atoms. The van der Waals surface area contributed by atoms with Gasteiger partial charge in [-0.3, -0.25) is 9.69 Å². The number of benzene rings is 1. The van der Waals surface area contributed by atoms with Crippen molar-refractivity contribution in [2.45, 2.75) is 37.8 Å². The molecule has 0 amide bonds. The highest BCUT2D eigenvalue weighted by atomic mass is 16.5. The molecule has 1 aromatic carbocycles. The summed E-state index contributed by atoms with van der Waals surface area (Å²) in [6.07, 6.45) is 3.92. The molecule has 120 valence electrons. The van der Waals surface area contributed by atoms with Crippen LogP contribution in [-0.4, -0.2) is 48.3 Å². The standard InChI is InChI=1S/C17H23NO4/c1-21-13-4-6-14(7-5-13)22-10-2-9-18-12-3-8-16(18)15(11-12)17(19)20/h4-7,12,15-16H,2-3,8-11H2,1H3,(H,19,20). The molecule has 3 rings (SSSR count). The van der Waals surface area contributed by atoms with Crippen molar-refractivity contribution in [2.75, 3.05) is 20.3 Å². The van der Waals surface area contributed by atoms with E-state index in [9.17, 15) is 9.90 Å². The molecule has 5 heteroatoms. The fourth-order valence-corrected chi connectivity index (χ4v) is 3.82. The number of hydrogen-bond acceptors (Lipinski definition) is 4. The highest BCUT2D eigenvalue weighted by Gasteiger charge is 2.48. The van der Waals surface area contributed by atoms with E-state index < -0.39 is 5.97 Å². The van der Waals surface area contributed by atoms with E-state index in [0.717, 1.165) is 43.7 Å². The number of methoxy groups -OCH3 is 1. The SMILES string of the molecule is COc1ccc(OCCCN2C3CCC2C(C(=O)O)C3)cc1. The molecule has 3 unspecified atom stereocenters. The molecule has 5 nitrogen and oxygen atoms in total. The Labute approximate surface area is 130 Å². The van der Waals surface area contributed by atoms with Crippen molar-refractivity contribution in [3.8, 4) is 11.5 Å². The van der Waals surface area contributed by atoms with E-state index in [0.29, 0.717) is 12.6 Å². The Morgan fingerprint density at radius 2 is 2.00 bits per heavy atom. The summed E-state index contributed by atoms with van der Waals surface area (Å²) >= 11 is 0. The minimum absolute atomic E-state index is 0.166. The lowest BCUT2D eigenvalue weighted by atomic mass is 9.89. The highest BCUT2D eigenvalue weighted by molar-refractivity contribution is 5.71. The number of rotatable bonds is 7. The fourth-order valence-electron chi connectivity index (χ4n) is 3.82. The molecule has 2 heterocycles. The van der Waals surface area contributed by atoms with Crippen LogP contribution in [0.5, 0.6) is 11.5 Å². The van der Waals surface area contributed by atoms with Gasteiger partial charge in [-0.1, -0.05) is 0 Å². The van der Waals surface area contributed by atoms with Crippen LogP contribution in [0.3, 0.4) is 0 Å². The van der Waals surface area contributed by atoms with Crippen molar-refractivity contribution in [3.05, 3.63) is 24.3 Å². The molecule has 0 aromatic heterocycles. The number of carboxylic acids is 1. The van der Waals surface area contributed by atoms with Gasteiger partial charge >= 0.3 is 5.97 Å². The number of fused-ring (bicyclic) bond motifs is 2. The Bertz CT molecular complexity index is 516. The van der Waals surface area contributed by atoms with Crippen molar-refractivity contribution in [3.63, 3.8) is 0 Å². The Kier molecular flexibility index (Phi) is 4.52. The topological polar surface area (TPSA) is 59.0 Å². The van der Waals surface area contributed by atoms with Gasteiger partial charge in [0, 0.05) is 18.6 Å². The Balaban J connectivity index is 1.43. The largest absolute Gasteiger partial charge is 0.497 e. The second-order valence-electron chi connectivity index (χ2n) is 6.09. The number of nitrogens with zero attached hydrogens (tertiary/aromatic N) is 1. The lowest BCUT2D eigenvalue weighted by Gasteiger charge is -2.22. The van der Waals surface area contributed by atoms with E-state index in [2.05, 4.69) is 4.90 Å². The van der Waals surface area contributed by atoms with Gasteiger partial charge in [-0.25, -0.2) is 0 Å². The third kappa shape index (κ3) is 3.04. The van der Waals surface area contributed by atoms with Gasteiger partial charge in [0.25, 0.3) is 0 Å². The zero-order valence-corrected chi connectivity index (χ0v) is 12.9. The smallest absolute Gasteiger partial charge is 0.308 e. The second kappa shape index (κ2) is 6.57. The first-order valence-corrected chi connectivity index (χ1v) is 7.94. The summed E-state index contributed by atoms with van der Waals surface area (Å²) in [6.45, 7) is 1.58. The molecule has 0 spiro atoms. The average Bonchev–Trinajstić information content (AvgIpc) is 3.09. The first-order valence-electron chi connectivity index (χ1n) is 7.94. The third-order valence-corrected chi connectivity index (χ3v) is 4.89. The van der Waals surface area contributed by atoms with Gasteiger partial charge in [0.2, 0.25) is 0 Å². The van der Waals surface area contributed by atoms with Crippen LogP contribution in [0.25, 0.3) is 0 Å². The summed E-state index contributed by atoms with van der Waals surface area (Å²) in [5.41, 5.74) is 0. The summed E-state index contributed by atoms with van der Waals surface area (Å²) in [7, 11) is 1.64. The molecular formula is C17H23NO4. The molecule has 22 heavy (non-hydrogen) atoms. The van der Waals surface area contributed by atoms with Gasteiger partial charge in [0.05, 0.1) is 19.6 Å². The normalized spacial score (nSPS) is 27.0. The van der Waals surface area contributed by atoms with E-state index in [1.165, 1.54) is 0 Å². The van der Waals surface area contributed by atoms with E-state index >= 15 is 0 Å². The summed E-state index contributed by atoms with van der Waals surface area (Å²) in [5, 5.41) is 9.25. The minimum Gasteiger partial charge on any atom is -0.497 e. The molecule has 0 aliphatic carbocycles. The van der Waals surface area contributed by atoms with Crippen molar-refractivity contribution < 1.29 is 19.4 Å². The van der Waals surface area contributed by atoms with Gasteiger partial charge in [-0.2, -0.15) is 0 Å². The van der Waals surface area contributed by atoms with Crippen LogP contribution in [0.4, 0.5) is 0 Å². The maximum atomic E-state index is 11.2. The van der Waals surface area contributed by atoms with Crippen LogP contribution in [-0.2, 0) is 4.79 Å². The maximum Gasteiger partial charge on any atom is 0.308 e. The van der Waals surface area contributed by atoms with E-state index in [1.807, 2.05) is 24.3 Å². The van der Waals surface area contributed by atoms with E-state index in [-0.39, 0.29) is 12.0 Å². The summed E-state index contributed by atoms with van der Waals surface area (Å²) in [6, 6.07) is 8.27. The van der Waals surface area contributed by atoms with Crippen molar-refractivity contribution in [2.24, 2.45) is 5.92 Å². The van der Waals surface area contributed by atoms with Crippen LogP contribution in [0.2, 0.25) is 0 Å². The Morgan fingerprint density at radius 1 is 1.27 bits per heavy atom. The maximum absolute atomic E-state index is 11.2. The quantitative estimate of drug-likeness (QED) is 0.784. The Hall–Kier alpha value is -1.75. The molecule has 2 fully saturated rings. The lowest BCUT2D eigenvalue weighted by molar-refractivity contribution is -0.142. The van der Waals surface area contributed by atoms with Crippen molar-refractivity contribution in [1.29, 1.82) is 0 Å². The minimum atomic E-state index is -0.633. The summed E-state index contributed by atoms with van der Waals surface area (Å²) in [4.78, 5) is 13.6. The fraction of sp³-hybridized carbons (Fsp3) is 0.588. The van der Waals surface area contributed by atoms with Crippen LogP contribution >= 0.6 is 0 Å². The van der Waals surface area contributed by atoms with Gasteiger partial charge in [-0.05, 0) is 49.9 Å². The van der Waals surface area contributed by atoms with Crippen LogP contribution in [0.15, 0.2) is 24.3 Å². The van der Waals surface area contributed by atoms with Gasteiger partial charge in [-0.15, -0.1) is 0 Å². The summed E-state index contributed by atoms with van der Waals surface area (Å²) < 4.78 is 10.8. The lowest BCUT2D eigenvalue weighted by Crippen LogP contribution is -2.34. The molecule has 2 aliphatic rings. The monoisotopic (exact) mass is 305 g/mol. The zero-order chi connectivity index (χ0) is 15.5. The average molecular weight is 305 g/mol. The molecule has 1 N–H and O–H groups in total. The van der Waals surface area contributed by atoms with Crippen molar-refractivity contribution in [1.82, 2.24) is 4.90 Å². The van der Waals surface area contributed by atoms with Crippen LogP contribution in [0.1, 0.15) is 25.7 Å². The predicted octanol–water partition coefficient (Wildman–Crippen LogP) is 2.40. The zero-order valence-electron chi connectivity index (χ0n) is 12.9. The number of carbonyl (C=O) groups is 1. The molecule has 0 radical (unpaired) electrons. The van der Waals surface area contributed by atoms with Gasteiger partial charge in [0.1, 0.15) is 11.5 Å². The highest BCUT2D eigenvalue weighted by Crippen LogP contribution is 2.41. The number of carboxylic acid groups (broad SMARTS) is 1. The van der Waals surface area contributed by atoms with Crippen LogP contribution in [0, 0.1) is 5.92 Å². The first kappa shape index (κ1) is 15.2. The summed E-state index contributed by atoms with van der Waals surface area (Å²) in [5.74, 6) is 0.863.